The first kappa shape index (κ1) is 18.8. The Balaban J connectivity index is 1.62. The fourth-order valence-electron chi connectivity index (χ4n) is 3.69. The number of aromatic nitrogens is 1. The van der Waals surface area contributed by atoms with Crippen LogP contribution in [0.25, 0.3) is 10.9 Å². The number of benzene rings is 2. The molecule has 2 aromatic carbocycles. The summed E-state index contributed by atoms with van der Waals surface area (Å²) in [7, 11) is 0. The minimum Gasteiger partial charge on any atom is -0.380 e. The topological polar surface area (TPSA) is 72.3 Å². The Bertz CT molecular complexity index is 1070. The van der Waals surface area contributed by atoms with Crippen LogP contribution < -0.4 is 10.2 Å². The second-order valence-corrected chi connectivity index (χ2v) is 7.20. The highest BCUT2D eigenvalue weighted by atomic mass is 16.2. The largest absolute Gasteiger partial charge is 0.380 e. The molecule has 6 nitrogen and oxygen atoms in total. The van der Waals surface area contributed by atoms with Crippen molar-refractivity contribution in [1.82, 2.24) is 9.88 Å². The lowest BCUT2D eigenvalue weighted by atomic mass is 10.1. The molecule has 3 aromatic rings. The monoisotopic (exact) mass is 385 g/mol. The van der Waals surface area contributed by atoms with E-state index in [1.807, 2.05) is 41.3 Å². The van der Waals surface area contributed by atoms with Gasteiger partial charge in [-0.15, -0.1) is 0 Å². The van der Waals surface area contributed by atoms with Crippen LogP contribution in [0.5, 0.6) is 0 Å². The number of hydrogen-bond donors (Lipinski definition) is 1. The number of carbonyl (C=O) groups is 1. The zero-order valence-corrected chi connectivity index (χ0v) is 16.4. The van der Waals surface area contributed by atoms with Gasteiger partial charge in [-0.1, -0.05) is 30.3 Å². The highest BCUT2D eigenvalue weighted by Gasteiger charge is 2.19. The van der Waals surface area contributed by atoms with Crippen LogP contribution in [0, 0.1) is 11.3 Å². The van der Waals surface area contributed by atoms with Gasteiger partial charge in [0.2, 0.25) is 5.91 Å². The number of nitriles is 1. The van der Waals surface area contributed by atoms with E-state index in [-0.39, 0.29) is 5.91 Å². The normalized spacial score (nSPS) is 13.9. The Kier molecular flexibility index (Phi) is 5.30. The summed E-state index contributed by atoms with van der Waals surface area (Å²) in [6, 6.07) is 20.3. The summed E-state index contributed by atoms with van der Waals surface area (Å²) < 4.78 is 0. The minimum atomic E-state index is 0.129. The molecule has 0 atom stereocenters. The van der Waals surface area contributed by atoms with Crippen molar-refractivity contribution in [2.24, 2.45) is 0 Å². The molecule has 2 heterocycles. The van der Waals surface area contributed by atoms with Gasteiger partial charge in [-0.3, -0.25) is 4.79 Å². The summed E-state index contributed by atoms with van der Waals surface area (Å²) in [5.41, 5.74) is 4.38. The smallest absolute Gasteiger partial charge is 0.219 e. The third-order valence-electron chi connectivity index (χ3n) is 5.32. The van der Waals surface area contributed by atoms with Crippen LogP contribution in [-0.4, -0.2) is 42.0 Å². The number of nitrogens with zero attached hydrogens (tertiary/aromatic N) is 4. The fraction of sp³-hybridized carbons (Fsp3) is 0.261. The van der Waals surface area contributed by atoms with Gasteiger partial charge >= 0.3 is 0 Å². The van der Waals surface area contributed by atoms with Crippen molar-refractivity contribution in [2.75, 3.05) is 36.4 Å². The molecule has 0 bridgehead atoms. The Hall–Kier alpha value is -3.59. The lowest BCUT2D eigenvalue weighted by molar-refractivity contribution is -0.129. The van der Waals surface area contributed by atoms with Crippen LogP contribution in [0.15, 0.2) is 54.6 Å². The summed E-state index contributed by atoms with van der Waals surface area (Å²) in [6.45, 7) is 5.38. The molecule has 1 amide bonds. The van der Waals surface area contributed by atoms with E-state index in [0.29, 0.717) is 12.2 Å². The lowest BCUT2D eigenvalue weighted by Crippen LogP contribution is -2.48. The number of piperazine rings is 1. The number of carbonyl (C=O) groups excluding carboxylic acids is 1. The van der Waals surface area contributed by atoms with Gasteiger partial charge in [-0.2, -0.15) is 5.26 Å². The van der Waals surface area contributed by atoms with E-state index in [1.165, 1.54) is 5.56 Å². The first-order valence-electron chi connectivity index (χ1n) is 9.77. The van der Waals surface area contributed by atoms with Gasteiger partial charge in [0, 0.05) is 56.4 Å². The first-order chi connectivity index (χ1) is 14.1. The van der Waals surface area contributed by atoms with Gasteiger partial charge in [-0.25, -0.2) is 4.98 Å². The molecule has 0 unspecified atom stereocenters. The molecule has 1 aliphatic rings. The van der Waals surface area contributed by atoms with Gasteiger partial charge < -0.3 is 15.1 Å². The zero-order valence-electron chi connectivity index (χ0n) is 16.4. The predicted octanol–water partition coefficient (Wildman–Crippen LogP) is 3.39. The molecule has 4 rings (SSSR count). The molecular formula is C23H23N5O. The van der Waals surface area contributed by atoms with Gasteiger partial charge in [0.25, 0.3) is 0 Å². The van der Waals surface area contributed by atoms with Crippen LogP contribution in [0.1, 0.15) is 18.2 Å². The highest BCUT2D eigenvalue weighted by Crippen LogP contribution is 2.29. The molecule has 1 saturated heterocycles. The van der Waals surface area contributed by atoms with E-state index in [4.69, 9.17) is 0 Å². The first-order valence-corrected chi connectivity index (χ1v) is 9.77. The van der Waals surface area contributed by atoms with Crippen molar-refractivity contribution in [3.63, 3.8) is 0 Å². The average Bonchev–Trinajstić information content (AvgIpc) is 2.77. The fourth-order valence-corrected chi connectivity index (χ4v) is 3.69. The maximum atomic E-state index is 11.6. The molecule has 1 aromatic heterocycles. The molecule has 146 valence electrons. The van der Waals surface area contributed by atoms with Crippen LogP contribution in [0.2, 0.25) is 0 Å². The molecule has 0 radical (unpaired) electrons. The predicted molar refractivity (Wildman–Crippen MR) is 115 cm³/mol. The molecule has 0 aliphatic carbocycles. The van der Waals surface area contributed by atoms with Gasteiger partial charge in [0.1, 0.15) is 11.8 Å². The Morgan fingerprint density at radius 2 is 1.86 bits per heavy atom. The van der Waals surface area contributed by atoms with Gasteiger partial charge in [0.15, 0.2) is 0 Å². The van der Waals surface area contributed by atoms with E-state index < -0.39 is 0 Å². The molecule has 1 N–H and O–H groups in total. The minimum absolute atomic E-state index is 0.129. The number of amides is 1. The SMILES string of the molecule is CC(=O)N1CCN(c2ccc3nc(C#N)cc(NCc4ccccc4)c3c2)CC1. The number of pyridine rings is 1. The number of hydrogen-bond acceptors (Lipinski definition) is 5. The number of anilines is 2. The second-order valence-electron chi connectivity index (χ2n) is 7.20. The van der Waals surface area contributed by atoms with Crippen molar-refractivity contribution in [3.05, 3.63) is 65.9 Å². The van der Waals surface area contributed by atoms with E-state index in [0.717, 1.165) is 48.5 Å². The Morgan fingerprint density at radius 1 is 1.10 bits per heavy atom. The molecule has 6 heteroatoms. The number of fused-ring (bicyclic) bond motifs is 1. The van der Waals surface area contributed by atoms with E-state index in [2.05, 4.69) is 39.5 Å². The molecule has 0 spiro atoms. The van der Waals surface area contributed by atoms with Crippen molar-refractivity contribution < 1.29 is 4.79 Å². The maximum absolute atomic E-state index is 11.6. The van der Waals surface area contributed by atoms with Crippen molar-refractivity contribution in [1.29, 1.82) is 5.26 Å². The van der Waals surface area contributed by atoms with Gasteiger partial charge in [-0.05, 0) is 29.8 Å². The van der Waals surface area contributed by atoms with Crippen LogP contribution >= 0.6 is 0 Å². The highest BCUT2D eigenvalue weighted by molar-refractivity contribution is 5.94. The third kappa shape index (κ3) is 4.14. The Morgan fingerprint density at radius 3 is 2.55 bits per heavy atom. The molecule has 1 aliphatic heterocycles. The summed E-state index contributed by atoms with van der Waals surface area (Å²) in [5, 5.41) is 13.8. The average molecular weight is 385 g/mol. The number of rotatable bonds is 4. The summed E-state index contributed by atoms with van der Waals surface area (Å²) in [4.78, 5) is 20.2. The van der Waals surface area contributed by atoms with E-state index in [1.54, 1.807) is 6.92 Å². The molecule has 29 heavy (non-hydrogen) atoms. The zero-order chi connectivity index (χ0) is 20.2. The third-order valence-corrected chi connectivity index (χ3v) is 5.32. The van der Waals surface area contributed by atoms with Crippen LogP contribution in [-0.2, 0) is 11.3 Å². The van der Waals surface area contributed by atoms with Gasteiger partial charge in [0.05, 0.1) is 5.52 Å². The Labute approximate surface area is 170 Å². The summed E-state index contributed by atoms with van der Waals surface area (Å²) in [6.07, 6.45) is 0. The quantitative estimate of drug-likeness (QED) is 0.745. The second kappa shape index (κ2) is 8.19. The van der Waals surface area contributed by atoms with Crippen LogP contribution in [0.4, 0.5) is 11.4 Å². The van der Waals surface area contributed by atoms with E-state index in [9.17, 15) is 10.1 Å². The van der Waals surface area contributed by atoms with Crippen molar-refractivity contribution in [3.8, 4) is 6.07 Å². The molecular weight excluding hydrogens is 362 g/mol. The lowest BCUT2D eigenvalue weighted by Gasteiger charge is -2.35. The summed E-state index contributed by atoms with van der Waals surface area (Å²) in [5.74, 6) is 0.129. The molecule has 1 fully saturated rings. The molecule has 0 saturated carbocycles. The van der Waals surface area contributed by atoms with E-state index >= 15 is 0 Å². The van der Waals surface area contributed by atoms with Crippen molar-refractivity contribution in [2.45, 2.75) is 13.5 Å². The number of nitrogens with one attached hydrogen (secondary N) is 1. The maximum Gasteiger partial charge on any atom is 0.219 e. The summed E-state index contributed by atoms with van der Waals surface area (Å²) >= 11 is 0. The van der Waals surface area contributed by atoms with Crippen molar-refractivity contribution >= 4 is 28.2 Å². The standard InChI is InChI=1S/C23H23N5O/c1-17(29)27-9-11-28(12-10-27)20-7-8-22-21(14-20)23(13-19(15-24)26-22)25-16-18-5-3-2-4-6-18/h2-8,13-14H,9-12,16H2,1H3,(H,25,26). The van der Waals surface area contributed by atoms with Crippen LogP contribution in [0.3, 0.4) is 0 Å².